The van der Waals surface area contributed by atoms with Gasteiger partial charge in [-0.3, -0.25) is 0 Å². The van der Waals surface area contributed by atoms with Crippen molar-refractivity contribution in [2.45, 2.75) is 31.4 Å². The molecule has 0 radical (unpaired) electrons. The second kappa shape index (κ2) is 5.66. The van der Waals surface area contributed by atoms with Crippen LogP contribution < -0.4 is 14.8 Å². The second-order valence-corrected chi connectivity index (χ2v) is 6.37. The van der Waals surface area contributed by atoms with Gasteiger partial charge in [0.05, 0.1) is 11.7 Å². The molecule has 0 spiro atoms. The molecule has 2 aromatic rings. The Bertz CT molecular complexity index is 622. The van der Waals surface area contributed by atoms with E-state index in [0.717, 1.165) is 28.7 Å². The highest BCUT2D eigenvalue weighted by Gasteiger charge is 2.26. The molecule has 0 saturated carbocycles. The summed E-state index contributed by atoms with van der Waals surface area (Å²) in [4.78, 5) is 4.78. The van der Waals surface area contributed by atoms with Crippen LogP contribution in [-0.4, -0.2) is 18.1 Å². The van der Waals surface area contributed by atoms with Gasteiger partial charge in [0.1, 0.15) is 11.6 Å². The average molecular weight is 302 g/mol. The van der Waals surface area contributed by atoms with Crippen LogP contribution in [0, 0.1) is 0 Å². The highest BCUT2D eigenvalue weighted by Crippen LogP contribution is 2.37. The zero-order chi connectivity index (χ0) is 14.1. The quantitative estimate of drug-likeness (QED) is 0.922. The predicted octanol–water partition coefficient (Wildman–Crippen LogP) is 3.47. The molecule has 1 saturated heterocycles. The molecule has 0 amide bonds. The van der Waals surface area contributed by atoms with Crippen LogP contribution in [0.15, 0.2) is 29.6 Å². The molecule has 5 heteroatoms. The fraction of sp³-hybridized carbons (Fsp3) is 0.438. The number of nitrogens with one attached hydrogen (secondary N) is 1. The Hall–Kier alpha value is -1.59. The molecule has 4 nitrogen and oxygen atoms in total. The summed E-state index contributed by atoms with van der Waals surface area (Å²) in [6.45, 7) is 1.62. The average Bonchev–Trinajstić information content (AvgIpc) is 3.05. The van der Waals surface area contributed by atoms with Crippen molar-refractivity contribution in [3.8, 4) is 11.5 Å². The molecule has 0 bridgehead atoms. The summed E-state index contributed by atoms with van der Waals surface area (Å²) < 4.78 is 11.8. The Labute approximate surface area is 128 Å². The van der Waals surface area contributed by atoms with Gasteiger partial charge in [-0.15, -0.1) is 11.3 Å². The van der Waals surface area contributed by atoms with E-state index >= 15 is 0 Å². The summed E-state index contributed by atoms with van der Waals surface area (Å²) >= 11 is 1.67. The van der Waals surface area contributed by atoms with Gasteiger partial charge in [0, 0.05) is 5.38 Å². The predicted molar refractivity (Wildman–Crippen MR) is 82.0 cm³/mol. The number of para-hydroxylation sites is 2. The van der Waals surface area contributed by atoms with Gasteiger partial charge in [-0.1, -0.05) is 18.6 Å². The number of rotatable bonds is 2. The van der Waals surface area contributed by atoms with Crippen LogP contribution in [0.4, 0.5) is 0 Å². The molecule has 1 aromatic carbocycles. The van der Waals surface area contributed by atoms with Crippen molar-refractivity contribution < 1.29 is 9.47 Å². The SMILES string of the molecule is c1ccc2c(c1)OCC(c1nc([C@H]3CCCCN3)cs1)O2. The van der Waals surface area contributed by atoms with Gasteiger partial charge in [-0.2, -0.15) is 0 Å². The third-order valence-corrected chi connectivity index (χ3v) is 4.95. The first-order valence-electron chi connectivity index (χ1n) is 7.47. The molecule has 3 heterocycles. The molecule has 1 fully saturated rings. The van der Waals surface area contributed by atoms with E-state index in [1.165, 1.54) is 19.3 Å². The lowest BCUT2D eigenvalue weighted by Gasteiger charge is -2.25. The monoisotopic (exact) mass is 302 g/mol. The molecular weight excluding hydrogens is 284 g/mol. The van der Waals surface area contributed by atoms with Gasteiger partial charge < -0.3 is 14.8 Å². The van der Waals surface area contributed by atoms with Gasteiger partial charge in [0.2, 0.25) is 0 Å². The van der Waals surface area contributed by atoms with Gasteiger partial charge in [0.25, 0.3) is 0 Å². The van der Waals surface area contributed by atoms with Crippen LogP contribution in [0.2, 0.25) is 0 Å². The standard InChI is InChI=1S/C16H18N2O2S/c1-2-7-14-13(6-1)19-9-15(20-14)16-18-12(10-21-16)11-5-3-4-8-17-11/h1-2,6-7,10-11,15,17H,3-5,8-9H2/t11-,15?/m1/s1. The summed E-state index contributed by atoms with van der Waals surface area (Å²) in [7, 11) is 0. The lowest BCUT2D eigenvalue weighted by molar-refractivity contribution is 0.0909. The van der Waals surface area contributed by atoms with Crippen molar-refractivity contribution >= 4 is 11.3 Å². The molecule has 2 aliphatic heterocycles. The normalized spacial score (nSPS) is 24.8. The number of fused-ring (bicyclic) bond motifs is 1. The topological polar surface area (TPSA) is 43.4 Å². The fourth-order valence-corrected chi connectivity index (χ4v) is 3.74. The summed E-state index contributed by atoms with van der Waals surface area (Å²) in [5.74, 6) is 1.63. The number of ether oxygens (including phenoxy) is 2. The fourth-order valence-electron chi connectivity index (χ4n) is 2.85. The van der Waals surface area contributed by atoms with Crippen LogP contribution in [0.5, 0.6) is 11.5 Å². The van der Waals surface area contributed by atoms with E-state index in [1.54, 1.807) is 11.3 Å². The van der Waals surface area contributed by atoms with E-state index in [-0.39, 0.29) is 6.10 Å². The van der Waals surface area contributed by atoms with E-state index in [1.807, 2.05) is 24.3 Å². The number of hydrogen-bond donors (Lipinski definition) is 1. The minimum Gasteiger partial charge on any atom is -0.485 e. The van der Waals surface area contributed by atoms with Crippen molar-refractivity contribution in [2.75, 3.05) is 13.2 Å². The van der Waals surface area contributed by atoms with E-state index in [2.05, 4.69) is 10.7 Å². The maximum Gasteiger partial charge on any atom is 0.184 e. The van der Waals surface area contributed by atoms with Crippen LogP contribution >= 0.6 is 11.3 Å². The molecule has 1 unspecified atom stereocenters. The first-order chi connectivity index (χ1) is 10.4. The Morgan fingerprint density at radius 2 is 2.10 bits per heavy atom. The van der Waals surface area contributed by atoms with Crippen LogP contribution in [0.25, 0.3) is 0 Å². The Morgan fingerprint density at radius 1 is 1.19 bits per heavy atom. The van der Waals surface area contributed by atoms with Gasteiger partial charge in [-0.25, -0.2) is 4.98 Å². The van der Waals surface area contributed by atoms with Gasteiger partial charge in [-0.05, 0) is 31.5 Å². The highest BCUT2D eigenvalue weighted by atomic mass is 32.1. The van der Waals surface area contributed by atoms with Crippen molar-refractivity contribution in [3.63, 3.8) is 0 Å². The molecule has 4 rings (SSSR count). The van der Waals surface area contributed by atoms with E-state index in [4.69, 9.17) is 14.5 Å². The molecule has 1 aromatic heterocycles. The first-order valence-corrected chi connectivity index (χ1v) is 8.35. The van der Waals surface area contributed by atoms with Crippen molar-refractivity contribution in [1.29, 1.82) is 0 Å². The summed E-state index contributed by atoms with van der Waals surface area (Å²) in [6, 6.07) is 8.20. The molecular formula is C16H18N2O2S. The number of thiazole rings is 1. The van der Waals surface area contributed by atoms with E-state index in [9.17, 15) is 0 Å². The molecule has 2 aliphatic rings. The van der Waals surface area contributed by atoms with Gasteiger partial charge >= 0.3 is 0 Å². The third-order valence-electron chi connectivity index (χ3n) is 3.99. The summed E-state index contributed by atoms with van der Waals surface area (Å²) in [5, 5.41) is 6.70. The summed E-state index contributed by atoms with van der Waals surface area (Å²) in [6.07, 6.45) is 3.63. The van der Waals surface area contributed by atoms with Crippen molar-refractivity contribution in [1.82, 2.24) is 10.3 Å². The van der Waals surface area contributed by atoms with Crippen molar-refractivity contribution in [3.05, 3.63) is 40.3 Å². The number of nitrogens with zero attached hydrogens (tertiary/aromatic N) is 1. The molecule has 2 atom stereocenters. The number of hydrogen-bond acceptors (Lipinski definition) is 5. The number of benzene rings is 1. The minimum absolute atomic E-state index is 0.0951. The van der Waals surface area contributed by atoms with Crippen LogP contribution in [0.1, 0.15) is 42.1 Å². The Kier molecular flexibility index (Phi) is 3.53. The molecule has 21 heavy (non-hydrogen) atoms. The Balaban J connectivity index is 1.51. The minimum atomic E-state index is -0.0951. The number of aromatic nitrogens is 1. The lowest BCUT2D eigenvalue weighted by Crippen LogP contribution is -2.27. The van der Waals surface area contributed by atoms with Crippen molar-refractivity contribution in [2.24, 2.45) is 0 Å². The largest absolute Gasteiger partial charge is 0.485 e. The second-order valence-electron chi connectivity index (χ2n) is 5.48. The molecule has 1 N–H and O–H groups in total. The first kappa shape index (κ1) is 13.1. The lowest BCUT2D eigenvalue weighted by atomic mass is 10.0. The van der Waals surface area contributed by atoms with Gasteiger partial charge in [0.15, 0.2) is 17.6 Å². The molecule has 110 valence electrons. The Morgan fingerprint density at radius 3 is 2.95 bits per heavy atom. The third kappa shape index (κ3) is 2.63. The number of piperidine rings is 1. The van der Waals surface area contributed by atoms with E-state index in [0.29, 0.717) is 12.6 Å². The smallest absolute Gasteiger partial charge is 0.184 e. The summed E-state index contributed by atoms with van der Waals surface area (Å²) in [5.41, 5.74) is 1.15. The maximum atomic E-state index is 6.02. The van der Waals surface area contributed by atoms with E-state index < -0.39 is 0 Å². The molecule has 0 aliphatic carbocycles. The maximum absolute atomic E-state index is 6.02. The zero-order valence-electron chi connectivity index (χ0n) is 11.7. The van der Waals surface area contributed by atoms with Crippen LogP contribution in [0.3, 0.4) is 0 Å². The van der Waals surface area contributed by atoms with Crippen LogP contribution in [-0.2, 0) is 0 Å². The highest BCUT2D eigenvalue weighted by molar-refractivity contribution is 7.09. The zero-order valence-corrected chi connectivity index (χ0v) is 12.6.